The van der Waals surface area contributed by atoms with Crippen LogP contribution in [-0.4, -0.2) is 28.7 Å². The molecule has 53 heavy (non-hydrogen) atoms. The number of aromatic nitrogens is 6. The van der Waals surface area contributed by atoms with Crippen LogP contribution in [0.5, 0.6) is 0 Å². The maximum atomic E-state index is 5.66. The molecular weight excluding hydrogens is 649 g/mol. The summed E-state index contributed by atoms with van der Waals surface area (Å²) in [4.78, 5) is 15.4. The molecule has 0 bridgehead atoms. The lowest BCUT2D eigenvalue weighted by Crippen LogP contribution is -2.02. The van der Waals surface area contributed by atoms with E-state index in [1.807, 2.05) is 30.6 Å². The molecule has 0 aliphatic rings. The number of pyridine rings is 2. The van der Waals surface area contributed by atoms with Crippen LogP contribution in [0.3, 0.4) is 0 Å². The van der Waals surface area contributed by atoms with Crippen LogP contribution < -0.4 is 0 Å². The lowest BCUT2D eigenvalue weighted by molar-refractivity contribution is 1.07. The number of nitrogens with zero attached hydrogens (tertiary/aromatic N) is 6. The van der Waals surface area contributed by atoms with Crippen molar-refractivity contribution in [2.45, 2.75) is 0 Å². The van der Waals surface area contributed by atoms with Gasteiger partial charge in [0.25, 0.3) is 0 Å². The van der Waals surface area contributed by atoms with E-state index in [1.54, 1.807) is 0 Å². The van der Waals surface area contributed by atoms with Crippen LogP contribution >= 0.6 is 0 Å². The Morgan fingerprint density at radius 1 is 0.396 bits per heavy atom. The van der Waals surface area contributed by atoms with Gasteiger partial charge >= 0.3 is 0 Å². The SMILES string of the molecule is c1ccc(-c2nc3c4c5ccccc5n(-c5ccccc5)c4c4c5ccccc5n(-c5ccc(-c6ccccn6)cn5)c4c3n2-c2ccccc2)cc1. The smallest absolute Gasteiger partial charge is 0.145 e. The number of hydrogen-bond donors (Lipinski definition) is 0. The molecule has 5 aromatic heterocycles. The predicted molar refractivity (Wildman–Crippen MR) is 216 cm³/mol. The van der Waals surface area contributed by atoms with E-state index in [-0.39, 0.29) is 0 Å². The molecule has 248 valence electrons. The predicted octanol–water partition coefficient (Wildman–Crippen LogP) is 11.3. The summed E-state index contributed by atoms with van der Waals surface area (Å²) in [6.45, 7) is 0. The summed E-state index contributed by atoms with van der Waals surface area (Å²) in [5.41, 5.74) is 11.4. The minimum atomic E-state index is 0.820. The van der Waals surface area contributed by atoms with Crippen molar-refractivity contribution in [3.63, 3.8) is 0 Å². The first kappa shape index (κ1) is 29.4. The molecule has 0 spiro atoms. The van der Waals surface area contributed by atoms with Gasteiger partial charge in [0.1, 0.15) is 17.2 Å². The third-order valence-electron chi connectivity index (χ3n) is 10.3. The summed E-state index contributed by atoms with van der Waals surface area (Å²) < 4.78 is 7.10. The van der Waals surface area contributed by atoms with Crippen LogP contribution in [0.1, 0.15) is 0 Å². The van der Waals surface area contributed by atoms with Gasteiger partial charge in [-0.15, -0.1) is 0 Å². The van der Waals surface area contributed by atoms with Gasteiger partial charge in [-0.2, -0.15) is 0 Å². The van der Waals surface area contributed by atoms with Crippen molar-refractivity contribution in [1.29, 1.82) is 0 Å². The molecular formula is C47H30N6. The highest BCUT2D eigenvalue weighted by molar-refractivity contribution is 6.36. The summed E-state index contributed by atoms with van der Waals surface area (Å²) in [6.07, 6.45) is 3.75. The maximum Gasteiger partial charge on any atom is 0.145 e. The number of hydrogen-bond acceptors (Lipinski definition) is 3. The van der Waals surface area contributed by atoms with Gasteiger partial charge in [-0.3, -0.25) is 14.1 Å². The van der Waals surface area contributed by atoms with E-state index < -0.39 is 0 Å². The molecule has 0 aliphatic carbocycles. The van der Waals surface area contributed by atoms with Gasteiger partial charge in [-0.25, -0.2) is 9.97 Å². The third-order valence-corrected chi connectivity index (χ3v) is 10.3. The van der Waals surface area contributed by atoms with Gasteiger partial charge in [0.05, 0.1) is 33.3 Å². The molecule has 0 saturated carbocycles. The Kier molecular flexibility index (Phi) is 6.45. The average molecular weight is 679 g/mol. The minimum absolute atomic E-state index is 0.820. The molecule has 6 nitrogen and oxygen atoms in total. The van der Waals surface area contributed by atoms with Gasteiger partial charge in [0, 0.05) is 56.4 Å². The Hall–Kier alpha value is -7.31. The molecule has 0 N–H and O–H groups in total. The number of rotatable bonds is 5. The molecule has 0 fully saturated rings. The quantitative estimate of drug-likeness (QED) is 0.182. The topological polar surface area (TPSA) is 53.5 Å². The summed E-state index contributed by atoms with van der Waals surface area (Å²) in [7, 11) is 0. The largest absolute Gasteiger partial charge is 0.308 e. The molecule has 0 atom stereocenters. The Morgan fingerprint density at radius 3 is 1.66 bits per heavy atom. The fourth-order valence-electron chi connectivity index (χ4n) is 8.13. The van der Waals surface area contributed by atoms with Crippen molar-refractivity contribution in [3.8, 4) is 39.8 Å². The highest BCUT2D eigenvalue weighted by Crippen LogP contribution is 2.48. The third kappa shape index (κ3) is 4.36. The van der Waals surface area contributed by atoms with Crippen LogP contribution in [0.4, 0.5) is 0 Å². The van der Waals surface area contributed by atoms with Crippen molar-refractivity contribution in [2.75, 3.05) is 0 Å². The van der Waals surface area contributed by atoms with E-state index in [0.717, 1.165) is 94.5 Å². The van der Waals surface area contributed by atoms with Crippen LogP contribution in [0.2, 0.25) is 0 Å². The molecule has 0 aliphatic heterocycles. The van der Waals surface area contributed by atoms with Crippen LogP contribution in [0.25, 0.3) is 94.5 Å². The minimum Gasteiger partial charge on any atom is -0.308 e. The molecule has 6 heteroatoms. The zero-order chi connectivity index (χ0) is 34.9. The van der Waals surface area contributed by atoms with Gasteiger partial charge in [0.2, 0.25) is 0 Å². The summed E-state index contributed by atoms with van der Waals surface area (Å²) in [6, 6.07) is 59.4. The molecule has 6 aromatic carbocycles. The van der Waals surface area contributed by atoms with Crippen molar-refractivity contribution in [3.05, 3.63) is 182 Å². The lowest BCUT2D eigenvalue weighted by Gasteiger charge is -2.14. The van der Waals surface area contributed by atoms with E-state index in [1.165, 1.54) is 0 Å². The highest BCUT2D eigenvalue weighted by Gasteiger charge is 2.29. The number of para-hydroxylation sites is 4. The highest BCUT2D eigenvalue weighted by atomic mass is 15.1. The summed E-state index contributed by atoms with van der Waals surface area (Å²) in [5.74, 6) is 1.70. The average Bonchev–Trinajstić information content (AvgIpc) is 3.91. The summed E-state index contributed by atoms with van der Waals surface area (Å²) in [5, 5.41) is 4.58. The second-order valence-corrected chi connectivity index (χ2v) is 13.3. The maximum absolute atomic E-state index is 5.66. The van der Waals surface area contributed by atoms with Crippen LogP contribution in [-0.2, 0) is 0 Å². The van der Waals surface area contributed by atoms with Gasteiger partial charge in [0.15, 0.2) is 0 Å². The zero-order valence-electron chi connectivity index (χ0n) is 28.5. The van der Waals surface area contributed by atoms with Crippen molar-refractivity contribution in [2.24, 2.45) is 0 Å². The second kappa shape index (κ2) is 11.6. The fourth-order valence-corrected chi connectivity index (χ4v) is 8.13. The van der Waals surface area contributed by atoms with E-state index in [9.17, 15) is 0 Å². The van der Waals surface area contributed by atoms with Crippen molar-refractivity contribution >= 4 is 54.6 Å². The zero-order valence-corrected chi connectivity index (χ0v) is 28.5. The van der Waals surface area contributed by atoms with E-state index in [2.05, 4.69) is 170 Å². The van der Waals surface area contributed by atoms with Crippen LogP contribution in [0.15, 0.2) is 182 Å². The number of imidazole rings is 1. The van der Waals surface area contributed by atoms with Gasteiger partial charge in [-0.05, 0) is 60.7 Å². The monoisotopic (exact) mass is 678 g/mol. The normalized spacial score (nSPS) is 11.8. The molecule has 0 unspecified atom stereocenters. The van der Waals surface area contributed by atoms with Crippen LogP contribution in [0, 0.1) is 0 Å². The first-order valence-electron chi connectivity index (χ1n) is 17.8. The second-order valence-electron chi connectivity index (χ2n) is 13.3. The fraction of sp³-hybridized carbons (Fsp3) is 0. The first-order chi connectivity index (χ1) is 26.3. The molecule has 0 saturated heterocycles. The summed E-state index contributed by atoms with van der Waals surface area (Å²) >= 11 is 0. The van der Waals surface area contributed by atoms with Crippen molar-refractivity contribution in [1.82, 2.24) is 28.7 Å². The van der Waals surface area contributed by atoms with E-state index in [4.69, 9.17) is 9.97 Å². The van der Waals surface area contributed by atoms with E-state index in [0.29, 0.717) is 0 Å². The standard InChI is InChI=1S/C47H30N6/c1-4-16-31(17-5-1)47-50-43-41-35-22-10-12-25-38(35)51(33-18-6-2-7-19-33)44(41)42-36-23-11-13-26-39(36)53(45(42)46(43)52(47)34-20-8-3-9-21-34)40-28-27-32(30-49-40)37-24-14-15-29-48-37/h1-30H. The molecule has 0 amide bonds. The Bertz CT molecular complexity index is 3120. The Balaban J connectivity index is 1.41. The molecule has 11 rings (SSSR count). The number of benzene rings is 6. The molecule has 0 radical (unpaired) electrons. The van der Waals surface area contributed by atoms with Gasteiger partial charge < -0.3 is 4.57 Å². The van der Waals surface area contributed by atoms with Gasteiger partial charge in [-0.1, -0.05) is 109 Å². The van der Waals surface area contributed by atoms with Crippen molar-refractivity contribution < 1.29 is 0 Å². The first-order valence-corrected chi connectivity index (χ1v) is 17.8. The molecule has 11 aromatic rings. The number of fused-ring (bicyclic) bond motifs is 10. The Morgan fingerprint density at radius 2 is 1.00 bits per heavy atom. The Labute approximate surface area is 304 Å². The van der Waals surface area contributed by atoms with E-state index >= 15 is 0 Å². The lowest BCUT2D eigenvalue weighted by atomic mass is 10.1. The molecule has 5 heterocycles.